The zero-order valence-electron chi connectivity index (χ0n) is 22.5. The van der Waals surface area contributed by atoms with Crippen LogP contribution in [-0.4, -0.2) is 76.8 Å². The fourth-order valence-corrected chi connectivity index (χ4v) is 5.89. The highest BCUT2D eigenvalue weighted by Crippen LogP contribution is 2.36. The number of ether oxygens (including phenoxy) is 1. The Labute approximate surface area is 248 Å². The fourth-order valence-electron chi connectivity index (χ4n) is 5.65. The molecular formula is C29H29Cl2N7O3. The molecule has 2 fully saturated rings. The smallest absolute Gasteiger partial charge is 0.410 e. The minimum Gasteiger partial charge on any atom is -0.453 e. The van der Waals surface area contributed by atoms with Crippen LogP contribution >= 0.6 is 23.2 Å². The summed E-state index contributed by atoms with van der Waals surface area (Å²) in [6, 6.07) is 16.3. The summed E-state index contributed by atoms with van der Waals surface area (Å²) in [7, 11) is 1.37. The van der Waals surface area contributed by atoms with Crippen LogP contribution in [0.3, 0.4) is 0 Å². The fraction of sp³-hybridized carbons (Fsp3) is 0.379. The highest BCUT2D eigenvalue weighted by Gasteiger charge is 2.42. The van der Waals surface area contributed by atoms with Crippen LogP contribution in [0.25, 0.3) is 0 Å². The molecule has 2 saturated heterocycles. The first-order chi connectivity index (χ1) is 19.9. The summed E-state index contributed by atoms with van der Waals surface area (Å²) in [6.07, 6.45) is 2.52. The maximum atomic E-state index is 14.1. The Kier molecular flexibility index (Phi) is 8.86. The molecular weight excluding hydrogens is 565 g/mol. The Bertz CT molecular complexity index is 1410. The lowest BCUT2D eigenvalue weighted by atomic mass is 9.90. The summed E-state index contributed by atoms with van der Waals surface area (Å²) >= 11 is 12.2. The van der Waals surface area contributed by atoms with Gasteiger partial charge in [0.25, 0.3) is 0 Å². The van der Waals surface area contributed by atoms with E-state index in [2.05, 4.69) is 15.2 Å². The standard InChI is InChI=1S/C29H29Cl2N7O3/c1-41-29(40)38-14-13-36(12-2-3-26(38)19-4-6-20(30)7-5-19)28(39)24-18-37(27-11-9-22(15-32)34-35-27)17-23(24)25-10-8-21(31)16-33-25/h4-11,16,23-24,26H,2-3,12-14,17-18H2,1H3/t23?,24-,26+/m1/s1. The van der Waals surface area contributed by atoms with E-state index in [-0.39, 0.29) is 23.6 Å². The molecule has 0 spiro atoms. The number of benzene rings is 1. The van der Waals surface area contributed by atoms with Crippen molar-refractivity contribution in [2.24, 2.45) is 5.92 Å². The van der Waals surface area contributed by atoms with Gasteiger partial charge in [0.2, 0.25) is 5.91 Å². The van der Waals surface area contributed by atoms with Crippen molar-refractivity contribution in [2.45, 2.75) is 24.8 Å². The van der Waals surface area contributed by atoms with Crippen LogP contribution in [-0.2, 0) is 9.53 Å². The van der Waals surface area contributed by atoms with Gasteiger partial charge in [-0.15, -0.1) is 10.2 Å². The zero-order chi connectivity index (χ0) is 28.9. The van der Waals surface area contributed by atoms with Gasteiger partial charge in [-0.3, -0.25) is 14.7 Å². The number of hydrogen-bond donors (Lipinski definition) is 0. The van der Waals surface area contributed by atoms with E-state index in [9.17, 15) is 9.59 Å². The van der Waals surface area contributed by atoms with Crippen LogP contribution in [0.15, 0.2) is 54.7 Å². The lowest BCUT2D eigenvalue weighted by Crippen LogP contribution is -2.47. The first-order valence-corrected chi connectivity index (χ1v) is 14.1. The summed E-state index contributed by atoms with van der Waals surface area (Å²) < 4.78 is 5.12. The number of amides is 2. The summed E-state index contributed by atoms with van der Waals surface area (Å²) in [6.45, 7) is 2.18. The van der Waals surface area contributed by atoms with Gasteiger partial charge in [-0.2, -0.15) is 5.26 Å². The molecule has 5 rings (SSSR count). The minimum absolute atomic E-state index is 0.00869. The molecule has 41 heavy (non-hydrogen) atoms. The van der Waals surface area contributed by atoms with Crippen molar-refractivity contribution in [1.29, 1.82) is 5.26 Å². The van der Waals surface area contributed by atoms with Crippen molar-refractivity contribution >= 4 is 41.0 Å². The van der Waals surface area contributed by atoms with Gasteiger partial charge in [-0.25, -0.2) is 4.79 Å². The van der Waals surface area contributed by atoms with E-state index in [1.54, 1.807) is 29.3 Å². The number of anilines is 1. The Morgan fingerprint density at radius 2 is 1.76 bits per heavy atom. The monoisotopic (exact) mass is 593 g/mol. The number of hydrogen-bond acceptors (Lipinski definition) is 8. The average Bonchev–Trinajstić information content (AvgIpc) is 3.43. The predicted molar refractivity (Wildman–Crippen MR) is 154 cm³/mol. The molecule has 0 saturated carbocycles. The number of pyridine rings is 1. The average molecular weight is 595 g/mol. The molecule has 10 nitrogen and oxygen atoms in total. The van der Waals surface area contributed by atoms with E-state index >= 15 is 0 Å². The van der Waals surface area contributed by atoms with Crippen molar-refractivity contribution in [2.75, 3.05) is 44.7 Å². The molecule has 0 bridgehead atoms. The first kappa shape index (κ1) is 28.6. The van der Waals surface area contributed by atoms with Gasteiger partial charge in [0.1, 0.15) is 6.07 Å². The molecule has 0 radical (unpaired) electrons. The predicted octanol–water partition coefficient (Wildman–Crippen LogP) is 4.70. The summed E-state index contributed by atoms with van der Waals surface area (Å²) in [4.78, 5) is 37.1. The number of aromatic nitrogens is 3. The zero-order valence-corrected chi connectivity index (χ0v) is 24.0. The third-order valence-electron chi connectivity index (χ3n) is 7.72. The number of nitriles is 1. The Balaban J connectivity index is 1.38. The van der Waals surface area contributed by atoms with Gasteiger partial charge in [0.15, 0.2) is 11.5 Å². The molecule has 2 aliphatic heterocycles. The van der Waals surface area contributed by atoms with Gasteiger partial charge in [0.05, 0.1) is 24.1 Å². The number of carbonyl (C=O) groups excluding carboxylic acids is 2. The van der Waals surface area contributed by atoms with Crippen molar-refractivity contribution in [3.05, 3.63) is 81.7 Å². The number of halogens is 2. The van der Waals surface area contributed by atoms with Crippen LogP contribution < -0.4 is 4.90 Å². The van der Waals surface area contributed by atoms with Gasteiger partial charge in [-0.1, -0.05) is 35.3 Å². The van der Waals surface area contributed by atoms with Crippen molar-refractivity contribution < 1.29 is 14.3 Å². The summed E-state index contributed by atoms with van der Waals surface area (Å²) in [5, 5.41) is 18.4. The van der Waals surface area contributed by atoms with E-state index in [1.165, 1.54) is 7.11 Å². The quantitative estimate of drug-likeness (QED) is 0.427. The maximum Gasteiger partial charge on any atom is 0.410 e. The Morgan fingerprint density at radius 3 is 2.41 bits per heavy atom. The van der Waals surface area contributed by atoms with Gasteiger partial charge in [-0.05, 0) is 54.8 Å². The van der Waals surface area contributed by atoms with E-state index in [4.69, 9.17) is 33.2 Å². The van der Waals surface area contributed by atoms with E-state index in [1.807, 2.05) is 46.2 Å². The van der Waals surface area contributed by atoms with Crippen LogP contribution in [0.1, 0.15) is 41.8 Å². The molecule has 2 amide bonds. The topological polar surface area (TPSA) is 116 Å². The number of nitrogens with zero attached hydrogens (tertiary/aromatic N) is 7. The lowest BCUT2D eigenvalue weighted by Gasteiger charge is -2.37. The normalized spacial score (nSPS) is 21.1. The number of rotatable bonds is 4. The Hall–Kier alpha value is -3.94. The third kappa shape index (κ3) is 6.37. The maximum absolute atomic E-state index is 14.1. The van der Waals surface area contributed by atoms with Crippen molar-refractivity contribution in [3.63, 3.8) is 0 Å². The first-order valence-electron chi connectivity index (χ1n) is 13.4. The molecule has 2 aromatic heterocycles. The molecule has 1 aromatic carbocycles. The van der Waals surface area contributed by atoms with Crippen LogP contribution in [0.5, 0.6) is 0 Å². The second-order valence-electron chi connectivity index (χ2n) is 10.1. The lowest BCUT2D eigenvalue weighted by molar-refractivity contribution is -0.136. The van der Waals surface area contributed by atoms with Crippen molar-refractivity contribution in [3.8, 4) is 6.07 Å². The van der Waals surface area contributed by atoms with E-state index in [0.717, 1.165) is 11.3 Å². The molecule has 212 valence electrons. The number of carbonyl (C=O) groups is 2. The SMILES string of the molecule is COC(=O)N1CCN(C(=O)[C@@H]2CN(c3ccc(C#N)nn3)CC2c2ccc(Cl)cn2)CCC[C@H]1c1ccc(Cl)cc1. The summed E-state index contributed by atoms with van der Waals surface area (Å²) in [5.41, 5.74) is 1.97. The molecule has 3 atom stereocenters. The molecule has 1 unspecified atom stereocenters. The van der Waals surface area contributed by atoms with Crippen LogP contribution in [0.2, 0.25) is 10.0 Å². The van der Waals surface area contributed by atoms with Crippen molar-refractivity contribution in [1.82, 2.24) is 25.0 Å². The Morgan fingerprint density at radius 1 is 0.976 bits per heavy atom. The molecule has 0 aliphatic carbocycles. The van der Waals surface area contributed by atoms with E-state index in [0.29, 0.717) is 61.4 Å². The van der Waals surface area contributed by atoms with Gasteiger partial charge >= 0.3 is 6.09 Å². The van der Waals surface area contributed by atoms with E-state index < -0.39 is 12.0 Å². The van der Waals surface area contributed by atoms with Crippen LogP contribution in [0.4, 0.5) is 10.6 Å². The molecule has 12 heteroatoms. The minimum atomic E-state index is -0.436. The largest absolute Gasteiger partial charge is 0.453 e. The molecule has 0 N–H and O–H groups in total. The highest BCUT2D eigenvalue weighted by atomic mass is 35.5. The highest BCUT2D eigenvalue weighted by molar-refractivity contribution is 6.30. The molecule has 3 aromatic rings. The van der Waals surface area contributed by atoms with Crippen LogP contribution in [0, 0.1) is 17.2 Å². The second kappa shape index (κ2) is 12.7. The molecule has 2 aliphatic rings. The second-order valence-corrected chi connectivity index (χ2v) is 11.0. The number of methoxy groups -OCH3 is 1. The van der Waals surface area contributed by atoms with Gasteiger partial charge < -0.3 is 14.5 Å². The summed E-state index contributed by atoms with van der Waals surface area (Å²) in [5.74, 6) is -0.0282. The molecule has 4 heterocycles. The third-order valence-corrected chi connectivity index (χ3v) is 8.20. The van der Waals surface area contributed by atoms with Gasteiger partial charge in [0, 0.05) is 55.6 Å².